The molecule has 1 fully saturated rings. The van der Waals surface area contributed by atoms with E-state index in [-0.39, 0.29) is 6.42 Å². The number of benzene rings is 2. The van der Waals surface area contributed by atoms with E-state index in [2.05, 4.69) is 32.0 Å². The molecule has 1 heterocycles. The fourth-order valence-electron chi connectivity index (χ4n) is 3.68. The maximum absolute atomic E-state index is 12.1. The summed E-state index contributed by atoms with van der Waals surface area (Å²) < 4.78 is 11.4. The third-order valence-electron chi connectivity index (χ3n) is 5.13. The lowest BCUT2D eigenvalue weighted by molar-refractivity contribution is -0.252. The summed E-state index contributed by atoms with van der Waals surface area (Å²) in [6.45, 7) is 4.21. The summed E-state index contributed by atoms with van der Waals surface area (Å²) in [6.07, 6.45) is 4.78. The van der Waals surface area contributed by atoms with Crippen LogP contribution in [-0.2, 0) is 31.3 Å². The molecular weight excluding hydrogens is 352 g/mol. The van der Waals surface area contributed by atoms with Crippen molar-refractivity contribution in [2.24, 2.45) is 0 Å². The second-order valence-electron chi connectivity index (χ2n) is 7.32. The third kappa shape index (κ3) is 4.44. The highest BCUT2D eigenvalue weighted by atomic mass is 16.7. The molecule has 0 aromatic heterocycles. The Kier molecular flexibility index (Phi) is 6.50. The Morgan fingerprint density at radius 3 is 2.18 bits per heavy atom. The zero-order chi connectivity index (χ0) is 20.0. The van der Waals surface area contributed by atoms with Gasteiger partial charge in [-0.3, -0.25) is 9.59 Å². The van der Waals surface area contributed by atoms with Crippen LogP contribution in [0.2, 0.25) is 0 Å². The molecule has 4 nitrogen and oxygen atoms in total. The minimum absolute atomic E-state index is 0.319. The van der Waals surface area contributed by atoms with E-state index < -0.39 is 17.7 Å². The minimum Gasteiger partial charge on any atom is -0.417 e. The second-order valence-corrected chi connectivity index (χ2v) is 7.32. The van der Waals surface area contributed by atoms with Gasteiger partial charge in [0.2, 0.25) is 0 Å². The molecule has 1 aliphatic heterocycles. The van der Waals surface area contributed by atoms with E-state index >= 15 is 0 Å². The highest BCUT2D eigenvalue weighted by Gasteiger charge is 2.45. The molecule has 28 heavy (non-hydrogen) atoms. The lowest BCUT2D eigenvalue weighted by Crippen LogP contribution is -2.43. The van der Waals surface area contributed by atoms with E-state index in [9.17, 15) is 9.59 Å². The molecule has 1 saturated heterocycles. The minimum atomic E-state index is -1.30. The lowest BCUT2D eigenvalue weighted by Gasteiger charge is -2.37. The highest BCUT2D eigenvalue weighted by molar-refractivity contribution is 5.93. The van der Waals surface area contributed by atoms with Crippen molar-refractivity contribution in [2.45, 2.75) is 64.6 Å². The molecule has 148 valence electrons. The number of ether oxygens (including phenoxy) is 2. The number of carbonyl (C=O) groups is 2. The van der Waals surface area contributed by atoms with Crippen molar-refractivity contribution in [3.8, 4) is 11.1 Å². The summed E-state index contributed by atoms with van der Waals surface area (Å²) in [7, 11) is 0. The van der Waals surface area contributed by atoms with E-state index in [1.54, 1.807) is 0 Å². The van der Waals surface area contributed by atoms with Crippen molar-refractivity contribution in [2.75, 3.05) is 0 Å². The van der Waals surface area contributed by atoms with E-state index in [0.29, 0.717) is 6.42 Å². The molecule has 0 aliphatic carbocycles. The SMILES string of the molecule is CCCCc1cc(-c2ccccc2)ccc1C1(CCCC)OC(=O)CC(=O)O1. The summed E-state index contributed by atoms with van der Waals surface area (Å²) in [5, 5.41) is 0. The van der Waals surface area contributed by atoms with E-state index in [1.807, 2.05) is 30.3 Å². The van der Waals surface area contributed by atoms with Crippen molar-refractivity contribution < 1.29 is 19.1 Å². The Balaban J connectivity index is 2.07. The van der Waals surface area contributed by atoms with Gasteiger partial charge in [0, 0.05) is 12.0 Å². The molecule has 1 aliphatic rings. The number of cyclic esters (lactones) is 2. The van der Waals surface area contributed by atoms with Crippen molar-refractivity contribution >= 4 is 11.9 Å². The Labute approximate surface area is 166 Å². The number of rotatable bonds is 8. The molecule has 0 unspecified atom stereocenters. The number of hydrogen-bond acceptors (Lipinski definition) is 4. The van der Waals surface area contributed by atoms with Crippen LogP contribution in [0.3, 0.4) is 0 Å². The largest absolute Gasteiger partial charge is 0.417 e. The molecule has 0 amide bonds. The molecule has 2 aromatic carbocycles. The van der Waals surface area contributed by atoms with Gasteiger partial charge in [0.1, 0.15) is 6.42 Å². The maximum Gasteiger partial charge on any atom is 0.320 e. The Bertz CT molecular complexity index is 810. The molecule has 0 bridgehead atoms. The van der Waals surface area contributed by atoms with Crippen LogP contribution in [0.4, 0.5) is 0 Å². The summed E-state index contributed by atoms with van der Waals surface area (Å²) >= 11 is 0. The van der Waals surface area contributed by atoms with Gasteiger partial charge in [-0.1, -0.05) is 75.2 Å². The van der Waals surface area contributed by atoms with Gasteiger partial charge in [0.15, 0.2) is 0 Å². The first-order valence-electron chi connectivity index (χ1n) is 10.2. The van der Waals surface area contributed by atoms with Crippen LogP contribution < -0.4 is 0 Å². The van der Waals surface area contributed by atoms with Gasteiger partial charge in [-0.25, -0.2) is 0 Å². The van der Waals surface area contributed by atoms with Crippen molar-refractivity contribution in [1.29, 1.82) is 0 Å². The first kappa shape index (κ1) is 20.1. The number of esters is 2. The van der Waals surface area contributed by atoms with Crippen LogP contribution >= 0.6 is 0 Å². The fourth-order valence-corrected chi connectivity index (χ4v) is 3.68. The molecule has 2 aromatic rings. The Morgan fingerprint density at radius 2 is 1.54 bits per heavy atom. The Morgan fingerprint density at radius 1 is 0.857 bits per heavy atom. The van der Waals surface area contributed by atoms with Crippen molar-refractivity contribution in [3.63, 3.8) is 0 Å². The quantitative estimate of drug-likeness (QED) is 0.446. The van der Waals surface area contributed by atoms with Crippen LogP contribution in [0.25, 0.3) is 11.1 Å². The number of unbranched alkanes of at least 4 members (excludes halogenated alkanes) is 2. The van der Waals surface area contributed by atoms with Gasteiger partial charge in [-0.2, -0.15) is 0 Å². The van der Waals surface area contributed by atoms with E-state index in [1.165, 1.54) is 0 Å². The smallest absolute Gasteiger partial charge is 0.320 e. The molecule has 0 spiro atoms. The topological polar surface area (TPSA) is 52.6 Å². The summed E-state index contributed by atoms with van der Waals surface area (Å²) in [4.78, 5) is 24.2. The predicted molar refractivity (Wildman–Crippen MR) is 108 cm³/mol. The van der Waals surface area contributed by atoms with Crippen LogP contribution in [0.1, 0.15) is 63.5 Å². The van der Waals surface area contributed by atoms with Crippen LogP contribution in [0.15, 0.2) is 48.5 Å². The van der Waals surface area contributed by atoms with Gasteiger partial charge in [-0.05, 0) is 36.0 Å². The van der Waals surface area contributed by atoms with E-state index in [0.717, 1.165) is 54.4 Å². The number of aryl methyl sites for hydroxylation is 1. The zero-order valence-electron chi connectivity index (χ0n) is 16.7. The first-order valence-corrected chi connectivity index (χ1v) is 10.2. The highest BCUT2D eigenvalue weighted by Crippen LogP contribution is 2.40. The van der Waals surface area contributed by atoms with Crippen molar-refractivity contribution in [1.82, 2.24) is 0 Å². The second kappa shape index (κ2) is 9.05. The third-order valence-corrected chi connectivity index (χ3v) is 5.13. The van der Waals surface area contributed by atoms with Gasteiger partial charge < -0.3 is 9.47 Å². The summed E-state index contributed by atoms with van der Waals surface area (Å²) in [5.74, 6) is -2.33. The first-order chi connectivity index (χ1) is 13.6. The summed E-state index contributed by atoms with van der Waals surface area (Å²) in [5.41, 5.74) is 4.11. The van der Waals surface area contributed by atoms with Gasteiger partial charge >= 0.3 is 11.9 Å². The van der Waals surface area contributed by atoms with E-state index in [4.69, 9.17) is 9.47 Å². The van der Waals surface area contributed by atoms with Crippen LogP contribution in [0, 0.1) is 0 Å². The van der Waals surface area contributed by atoms with Gasteiger partial charge in [0.05, 0.1) is 0 Å². The fraction of sp³-hybridized carbons (Fsp3) is 0.417. The molecule has 0 saturated carbocycles. The van der Waals surface area contributed by atoms with Gasteiger partial charge in [-0.15, -0.1) is 0 Å². The molecule has 0 radical (unpaired) electrons. The number of hydrogen-bond donors (Lipinski definition) is 0. The maximum atomic E-state index is 12.1. The van der Waals surface area contributed by atoms with Crippen LogP contribution in [-0.4, -0.2) is 11.9 Å². The predicted octanol–water partition coefficient (Wildman–Crippen LogP) is 5.53. The monoisotopic (exact) mass is 380 g/mol. The standard InChI is InChI=1S/C24H28O4/c1-3-5-10-20-16-19(18-11-8-7-9-12-18)13-14-21(20)24(15-6-4-2)27-22(25)17-23(26)28-24/h7-9,11-14,16H,3-6,10,15,17H2,1-2H3. The average Bonchev–Trinajstić information content (AvgIpc) is 2.70. The summed E-state index contributed by atoms with van der Waals surface area (Å²) in [6, 6.07) is 16.3. The lowest BCUT2D eigenvalue weighted by atomic mass is 9.89. The molecule has 3 rings (SSSR count). The molecule has 0 atom stereocenters. The average molecular weight is 380 g/mol. The Hall–Kier alpha value is -2.62. The molecule has 4 heteroatoms. The van der Waals surface area contributed by atoms with Crippen molar-refractivity contribution in [3.05, 3.63) is 59.7 Å². The number of carbonyl (C=O) groups excluding carboxylic acids is 2. The normalized spacial score (nSPS) is 15.8. The van der Waals surface area contributed by atoms with Gasteiger partial charge in [0.25, 0.3) is 5.79 Å². The molecule has 0 N–H and O–H groups in total. The zero-order valence-corrected chi connectivity index (χ0v) is 16.7. The van der Waals surface area contributed by atoms with Crippen LogP contribution in [0.5, 0.6) is 0 Å². The molecular formula is C24H28O4.